The summed E-state index contributed by atoms with van der Waals surface area (Å²) in [6.45, 7) is 0.801. The second kappa shape index (κ2) is 8.89. The summed E-state index contributed by atoms with van der Waals surface area (Å²) in [5, 5.41) is 0. The molecule has 2 aromatic carbocycles. The molecule has 1 amide bonds. The van der Waals surface area contributed by atoms with Crippen molar-refractivity contribution in [3.63, 3.8) is 0 Å². The van der Waals surface area contributed by atoms with Crippen molar-refractivity contribution >= 4 is 5.91 Å². The number of alkyl halides is 4. The number of carbonyl (C=O) groups is 1. The number of carbonyl (C=O) groups excluding carboxylic acids is 1. The summed E-state index contributed by atoms with van der Waals surface area (Å²) >= 11 is 0. The molecular formula is C21H20F5NO3. The summed E-state index contributed by atoms with van der Waals surface area (Å²) < 4.78 is 73.4. The fraction of sp³-hybridized carbons (Fsp3) is 0.381. The Labute approximate surface area is 170 Å². The van der Waals surface area contributed by atoms with Gasteiger partial charge in [0.1, 0.15) is 30.6 Å². The first-order valence-electron chi connectivity index (χ1n) is 9.32. The standard InChI is InChI=1S/C21H20F5NO3/c1-13-11-17(19-16(23)3-2-4-18(19)29-10-9-22)27(20(13)28)12-14-5-7-15(8-6-14)30-21(24,25)26/h2-8,13,17H,9-12H2,1H3. The lowest BCUT2D eigenvalue weighted by Gasteiger charge is -2.27. The molecule has 30 heavy (non-hydrogen) atoms. The quantitative estimate of drug-likeness (QED) is 0.569. The lowest BCUT2D eigenvalue weighted by Crippen LogP contribution is -2.29. The van der Waals surface area contributed by atoms with Crippen LogP contribution in [0.25, 0.3) is 0 Å². The third-order valence-electron chi connectivity index (χ3n) is 4.85. The summed E-state index contributed by atoms with van der Waals surface area (Å²) in [7, 11) is 0. The average molecular weight is 429 g/mol. The van der Waals surface area contributed by atoms with Crippen molar-refractivity contribution < 1.29 is 36.2 Å². The van der Waals surface area contributed by atoms with Gasteiger partial charge in [0.15, 0.2) is 0 Å². The largest absolute Gasteiger partial charge is 0.573 e. The van der Waals surface area contributed by atoms with E-state index in [1.807, 2.05) is 0 Å². The van der Waals surface area contributed by atoms with Gasteiger partial charge in [-0.3, -0.25) is 4.79 Å². The highest BCUT2D eigenvalue weighted by atomic mass is 19.4. The van der Waals surface area contributed by atoms with Gasteiger partial charge in [-0.05, 0) is 36.2 Å². The van der Waals surface area contributed by atoms with E-state index in [0.29, 0.717) is 12.0 Å². The molecule has 0 bridgehead atoms. The summed E-state index contributed by atoms with van der Waals surface area (Å²) in [4.78, 5) is 14.2. The Kier molecular flexibility index (Phi) is 6.48. The van der Waals surface area contributed by atoms with E-state index in [-0.39, 0.29) is 42.0 Å². The molecular weight excluding hydrogens is 409 g/mol. The Morgan fingerprint density at radius 3 is 2.47 bits per heavy atom. The summed E-state index contributed by atoms with van der Waals surface area (Å²) in [6.07, 6.45) is -4.46. The highest BCUT2D eigenvalue weighted by molar-refractivity contribution is 5.81. The molecule has 2 atom stereocenters. The maximum absolute atomic E-state index is 14.7. The van der Waals surface area contributed by atoms with Crippen molar-refractivity contribution in [2.45, 2.75) is 32.3 Å². The summed E-state index contributed by atoms with van der Waals surface area (Å²) in [5.41, 5.74) is 0.722. The zero-order valence-electron chi connectivity index (χ0n) is 16.1. The Hall–Kier alpha value is -2.84. The van der Waals surface area contributed by atoms with E-state index in [4.69, 9.17) is 4.74 Å². The minimum atomic E-state index is -4.80. The zero-order valence-corrected chi connectivity index (χ0v) is 16.1. The van der Waals surface area contributed by atoms with Crippen molar-refractivity contribution in [2.24, 2.45) is 5.92 Å². The molecule has 0 radical (unpaired) electrons. The third-order valence-corrected chi connectivity index (χ3v) is 4.85. The number of likely N-dealkylation sites (tertiary alicyclic amines) is 1. The van der Waals surface area contributed by atoms with E-state index < -0.39 is 24.9 Å². The second-order valence-electron chi connectivity index (χ2n) is 7.00. The van der Waals surface area contributed by atoms with Crippen LogP contribution >= 0.6 is 0 Å². The summed E-state index contributed by atoms with van der Waals surface area (Å²) in [5.74, 6) is -1.37. The molecule has 0 N–H and O–H groups in total. The maximum atomic E-state index is 14.7. The number of halogens is 5. The molecule has 0 aromatic heterocycles. The monoisotopic (exact) mass is 429 g/mol. The molecule has 4 nitrogen and oxygen atoms in total. The first-order chi connectivity index (χ1) is 14.2. The van der Waals surface area contributed by atoms with Crippen LogP contribution in [0.3, 0.4) is 0 Å². The summed E-state index contributed by atoms with van der Waals surface area (Å²) in [6, 6.07) is 8.69. The van der Waals surface area contributed by atoms with Crippen LogP contribution in [0.15, 0.2) is 42.5 Å². The van der Waals surface area contributed by atoms with Crippen LogP contribution in [-0.2, 0) is 11.3 Å². The van der Waals surface area contributed by atoms with E-state index in [1.165, 1.54) is 35.2 Å². The van der Waals surface area contributed by atoms with Gasteiger partial charge in [-0.25, -0.2) is 8.78 Å². The Bertz CT molecular complexity index is 885. The van der Waals surface area contributed by atoms with E-state index in [0.717, 1.165) is 12.1 Å². The van der Waals surface area contributed by atoms with Gasteiger partial charge in [-0.2, -0.15) is 0 Å². The van der Waals surface area contributed by atoms with Gasteiger partial charge < -0.3 is 14.4 Å². The molecule has 2 unspecified atom stereocenters. The molecule has 0 spiro atoms. The molecule has 1 heterocycles. The van der Waals surface area contributed by atoms with Gasteiger partial charge in [0.25, 0.3) is 0 Å². The van der Waals surface area contributed by atoms with Crippen molar-refractivity contribution in [1.82, 2.24) is 4.90 Å². The van der Waals surface area contributed by atoms with Crippen molar-refractivity contribution in [2.75, 3.05) is 13.3 Å². The Morgan fingerprint density at radius 1 is 1.13 bits per heavy atom. The lowest BCUT2D eigenvalue weighted by molar-refractivity contribution is -0.274. The molecule has 1 aliphatic heterocycles. The molecule has 3 rings (SSSR count). The smallest absolute Gasteiger partial charge is 0.490 e. The van der Waals surface area contributed by atoms with Gasteiger partial charge in [-0.1, -0.05) is 25.1 Å². The van der Waals surface area contributed by atoms with Crippen LogP contribution in [0.5, 0.6) is 11.5 Å². The SMILES string of the molecule is CC1CC(c2c(F)cccc2OCCF)N(Cc2ccc(OC(F)(F)F)cc2)C1=O. The first kappa shape index (κ1) is 21.9. The normalized spacial score (nSPS) is 19.3. The fourth-order valence-electron chi connectivity index (χ4n) is 3.57. The first-order valence-corrected chi connectivity index (χ1v) is 9.32. The van der Waals surface area contributed by atoms with Crippen molar-refractivity contribution in [1.29, 1.82) is 0 Å². The maximum Gasteiger partial charge on any atom is 0.573 e. The topological polar surface area (TPSA) is 38.8 Å². The number of rotatable bonds is 7. The minimum Gasteiger partial charge on any atom is -0.490 e. The Morgan fingerprint density at radius 2 is 1.83 bits per heavy atom. The van der Waals surface area contributed by atoms with E-state index in [2.05, 4.69) is 4.74 Å². The predicted molar refractivity (Wildman–Crippen MR) is 98.1 cm³/mol. The third kappa shape index (κ3) is 5.01. The van der Waals surface area contributed by atoms with Gasteiger partial charge in [0, 0.05) is 12.5 Å². The highest BCUT2D eigenvalue weighted by Gasteiger charge is 2.40. The van der Waals surface area contributed by atoms with Gasteiger partial charge in [0.2, 0.25) is 5.91 Å². The molecule has 1 fully saturated rings. The molecule has 162 valence electrons. The van der Waals surface area contributed by atoms with Gasteiger partial charge in [-0.15, -0.1) is 13.2 Å². The number of nitrogens with zero attached hydrogens (tertiary/aromatic N) is 1. The van der Waals surface area contributed by atoms with Crippen LogP contribution in [0.4, 0.5) is 22.0 Å². The lowest BCUT2D eigenvalue weighted by atomic mass is 9.99. The molecule has 1 aliphatic rings. The molecule has 2 aromatic rings. The van der Waals surface area contributed by atoms with Gasteiger partial charge in [0.05, 0.1) is 11.6 Å². The zero-order chi connectivity index (χ0) is 21.9. The number of hydrogen-bond acceptors (Lipinski definition) is 3. The molecule has 9 heteroatoms. The van der Waals surface area contributed by atoms with Crippen LogP contribution in [-0.4, -0.2) is 30.5 Å². The number of amides is 1. The van der Waals surface area contributed by atoms with Crippen molar-refractivity contribution in [3.05, 3.63) is 59.4 Å². The van der Waals surface area contributed by atoms with Crippen LogP contribution < -0.4 is 9.47 Å². The van der Waals surface area contributed by atoms with Crippen molar-refractivity contribution in [3.8, 4) is 11.5 Å². The van der Waals surface area contributed by atoms with E-state index in [9.17, 15) is 26.7 Å². The molecule has 0 saturated carbocycles. The number of benzene rings is 2. The fourth-order valence-corrected chi connectivity index (χ4v) is 3.57. The van der Waals surface area contributed by atoms with Crippen LogP contribution in [0.2, 0.25) is 0 Å². The number of ether oxygens (including phenoxy) is 2. The second-order valence-corrected chi connectivity index (χ2v) is 7.00. The van der Waals surface area contributed by atoms with Crippen LogP contribution in [0.1, 0.15) is 30.5 Å². The predicted octanol–water partition coefficient (Wildman–Crippen LogP) is 5.18. The minimum absolute atomic E-state index is 0.0665. The average Bonchev–Trinajstić information content (AvgIpc) is 2.94. The molecule has 0 aliphatic carbocycles. The van der Waals surface area contributed by atoms with E-state index >= 15 is 0 Å². The number of hydrogen-bond donors (Lipinski definition) is 0. The Balaban J connectivity index is 1.86. The van der Waals surface area contributed by atoms with Crippen LogP contribution in [0, 0.1) is 11.7 Å². The van der Waals surface area contributed by atoms with E-state index in [1.54, 1.807) is 6.92 Å². The van der Waals surface area contributed by atoms with Gasteiger partial charge >= 0.3 is 6.36 Å². The highest BCUT2D eigenvalue weighted by Crippen LogP contribution is 2.42. The molecule has 1 saturated heterocycles.